The van der Waals surface area contributed by atoms with E-state index in [1.165, 1.54) is 0 Å². The Morgan fingerprint density at radius 3 is 2.67 bits per heavy atom. The normalized spacial score (nSPS) is 12.9. The molecule has 1 N–H and O–H groups in total. The Balaban J connectivity index is 2.21. The van der Waals surface area contributed by atoms with Crippen LogP contribution < -0.4 is 10.1 Å². The predicted molar refractivity (Wildman–Crippen MR) is 70.4 cm³/mol. The van der Waals surface area contributed by atoms with E-state index in [1.54, 1.807) is 6.07 Å². The van der Waals surface area contributed by atoms with Crippen LogP contribution in [0.15, 0.2) is 36.4 Å². The van der Waals surface area contributed by atoms with Crippen molar-refractivity contribution in [2.24, 2.45) is 0 Å². The van der Waals surface area contributed by atoms with Crippen LogP contribution in [0.4, 0.5) is 5.69 Å². The monoisotopic (exact) mass is 239 g/mol. The number of hydrogen-bond donors (Lipinski definition) is 1. The summed E-state index contributed by atoms with van der Waals surface area (Å²) < 4.78 is 5.85. The molecule has 90 valence electrons. The molecule has 1 aliphatic rings. The second-order valence-corrected chi connectivity index (χ2v) is 4.51. The average Bonchev–Trinajstić information content (AvgIpc) is 2.47. The molecule has 0 spiro atoms. The summed E-state index contributed by atoms with van der Waals surface area (Å²) in [5, 5.41) is 2.91. The lowest BCUT2D eigenvalue weighted by molar-refractivity contribution is 0.102. The molecule has 1 amide bonds. The topological polar surface area (TPSA) is 38.3 Å². The van der Waals surface area contributed by atoms with Crippen molar-refractivity contribution >= 4 is 11.6 Å². The molecule has 1 heterocycles. The lowest BCUT2D eigenvalue weighted by Crippen LogP contribution is -2.11. The molecule has 0 unspecified atom stereocenters. The van der Waals surface area contributed by atoms with Crippen molar-refractivity contribution in [2.45, 2.75) is 13.8 Å². The molecule has 1 aliphatic heterocycles. The molecule has 0 aliphatic carbocycles. The number of carbonyl (C=O) groups excluding carboxylic acids is 1. The molecule has 0 saturated carbocycles. The molecule has 0 fully saturated rings. The minimum absolute atomic E-state index is 0.128. The van der Waals surface area contributed by atoms with E-state index in [0.717, 1.165) is 16.8 Å². The molecule has 2 aromatic rings. The van der Waals surface area contributed by atoms with Crippen LogP contribution in [-0.2, 0) is 0 Å². The van der Waals surface area contributed by atoms with E-state index in [-0.39, 0.29) is 5.91 Å². The smallest absolute Gasteiger partial charge is 0.259 e. The van der Waals surface area contributed by atoms with Gasteiger partial charge < -0.3 is 10.1 Å². The standard InChI is InChI=1S/C15H13NO2/c1-9-7-10(2)14-13(8-9)18-12-6-4-3-5-11(12)15(17)16-14/h3-8H,1-2H3,(H,16,17). The van der Waals surface area contributed by atoms with E-state index in [2.05, 4.69) is 5.32 Å². The first-order valence-electron chi connectivity index (χ1n) is 5.84. The van der Waals surface area contributed by atoms with Crippen LogP contribution in [0.5, 0.6) is 11.5 Å². The largest absolute Gasteiger partial charge is 0.454 e. The van der Waals surface area contributed by atoms with Gasteiger partial charge in [-0.2, -0.15) is 0 Å². The summed E-state index contributed by atoms with van der Waals surface area (Å²) in [5.74, 6) is 1.17. The maximum absolute atomic E-state index is 12.1. The van der Waals surface area contributed by atoms with Crippen LogP contribution in [0, 0.1) is 13.8 Å². The predicted octanol–water partition coefficient (Wildman–Crippen LogP) is 3.66. The van der Waals surface area contributed by atoms with Crippen molar-refractivity contribution in [1.82, 2.24) is 0 Å². The second kappa shape index (κ2) is 3.88. The molecule has 0 atom stereocenters. The third-order valence-corrected chi connectivity index (χ3v) is 3.03. The maximum atomic E-state index is 12.1. The lowest BCUT2D eigenvalue weighted by atomic mass is 10.1. The van der Waals surface area contributed by atoms with Crippen LogP contribution in [0.1, 0.15) is 21.5 Å². The van der Waals surface area contributed by atoms with Gasteiger partial charge in [0.2, 0.25) is 0 Å². The number of ether oxygens (including phenoxy) is 1. The first-order valence-corrected chi connectivity index (χ1v) is 5.84. The molecule has 0 aromatic heterocycles. The van der Waals surface area contributed by atoms with E-state index in [4.69, 9.17) is 4.74 Å². The van der Waals surface area contributed by atoms with Gasteiger partial charge >= 0.3 is 0 Å². The zero-order valence-corrected chi connectivity index (χ0v) is 10.3. The van der Waals surface area contributed by atoms with Crippen LogP contribution in [0.2, 0.25) is 0 Å². The molecule has 0 bridgehead atoms. The molecule has 18 heavy (non-hydrogen) atoms. The van der Waals surface area contributed by atoms with Gasteiger partial charge in [0.1, 0.15) is 5.75 Å². The van der Waals surface area contributed by atoms with Crippen molar-refractivity contribution in [3.05, 3.63) is 53.1 Å². The third kappa shape index (κ3) is 1.64. The highest BCUT2D eigenvalue weighted by Crippen LogP contribution is 2.38. The summed E-state index contributed by atoms with van der Waals surface area (Å²) >= 11 is 0. The zero-order chi connectivity index (χ0) is 12.7. The summed E-state index contributed by atoms with van der Waals surface area (Å²) in [6.07, 6.45) is 0. The van der Waals surface area contributed by atoms with Gasteiger partial charge in [-0.05, 0) is 43.2 Å². The minimum atomic E-state index is -0.128. The average molecular weight is 239 g/mol. The van der Waals surface area contributed by atoms with Gasteiger partial charge in [0, 0.05) is 0 Å². The zero-order valence-electron chi connectivity index (χ0n) is 10.3. The Morgan fingerprint density at radius 2 is 1.83 bits per heavy atom. The van der Waals surface area contributed by atoms with Gasteiger partial charge in [0.25, 0.3) is 5.91 Å². The summed E-state index contributed by atoms with van der Waals surface area (Å²) in [5.41, 5.74) is 3.43. The minimum Gasteiger partial charge on any atom is -0.454 e. The fraction of sp³-hybridized carbons (Fsp3) is 0.133. The highest BCUT2D eigenvalue weighted by atomic mass is 16.5. The number of carbonyl (C=O) groups is 1. The lowest BCUT2D eigenvalue weighted by Gasteiger charge is -2.11. The number of hydrogen-bond acceptors (Lipinski definition) is 2. The fourth-order valence-electron chi connectivity index (χ4n) is 2.21. The van der Waals surface area contributed by atoms with Gasteiger partial charge in [-0.1, -0.05) is 18.2 Å². The number of para-hydroxylation sites is 1. The molecule has 2 aromatic carbocycles. The highest BCUT2D eigenvalue weighted by Gasteiger charge is 2.21. The SMILES string of the molecule is Cc1cc(C)c2c(c1)Oc1ccccc1C(=O)N2. The van der Waals surface area contributed by atoms with E-state index in [0.29, 0.717) is 17.1 Å². The summed E-state index contributed by atoms with van der Waals surface area (Å²) in [4.78, 5) is 12.1. The molecule has 3 heteroatoms. The number of amides is 1. The summed E-state index contributed by atoms with van der Waals surface area (Å²) in [6.45, 7) is 3.97. The molecule has 0 radical (unpaired) electrons. The number of aryl methyl sites for hydroxylation is 2. The Kier molecular flexibility index (Phi) is 2.33. The maximum Gasteiger partial charge on any atom is 0.259 e. The molecular formula is C15H13NO2. The number of rotatable bonds is 0. The van der Waals surface area contributed by atoms with Gasteiger partial charge in [-0.15, -0.1) is 0 Å². The quantitative estimate of drug-likeness (QED) is 0.761. The van der Waals surface area contributed by atoms with Crippen molar-refractivity contribution in [3.63, 3.8) is 0 Å². The third-order valence-electron chi connectivity index (χ3n) is 3.03. The van der Waals surface area contributed by atoms with Crippen LogP contribution in [-0.4, -0.2) is 5.91 Å². The molecule has 3 nitrogen and oxygen atoms in total. The van der Waals surface area contributed by atoms with Crippen molar-refractivity contribution < 1.29 is 9.53 Å². The van der Waals surface area contributed by atoms with Crippen molar-refractivity contribution in [3.8, 4) is 11.5 Å². The Labute approximate surface area is 105 Å². The Hall–Kier alpha value is -2.29. The van der Waals surface area contributed by atoms with Gasteiger partial charge in [0.15, 0.2) is 5.75 Å². The number of anilines is 1. The number of benzene rings is 2. The summed E-state index contributed by atoms with van der Waals surface area (Å²) in [7, 11) is 0. The van der Waals surface area contributed by atoms with Crippen LogP contribution in [0.25, 0.3) is 0 Å². The van der Waals surface area contributed by atoms with E-state index >= 15 is 0 Å². The Morgan fingerprint density at radius 1 is 1.06 bits per heavy atom. The molecule has 0 saturated heterocycles. The first-order chi connectivity index (χ1) is 8.65. The Bertz CT molecular complexity index is 647. The van der Waals surface area contributed by atoms with Crippen molar-refractivity contribution in [2.75, 3.05) is 5.32 Å². The fourth-order valence-corrected chi connectivity index (χ4v) is 2.21. The van der Waals surface area contributed by atoms with Crippen LogP contribution >= 0.6 is 0 Å². The van der Waals surface area contributed by atoms with Gasteiger partial charge in [0.05, 0.1) is 11.3 Å². The highest BCUT2D eigenvalue weighted by molar-refractivity contribution is 6.08. The van der Waals surface area contributed by atoms with Crippen LogP contribution in [0.3, 0.4) is 0 Å². The second-order valence-electron chi connectivity index (χ2n) is 4.51. The molecule has 3 rings (SSSR count). The first kappa shape index (κ1) is 10.8. The van der Waals surface area contributed by atoms with Gasteiger partial charge in [-0.3, -0.25) is 4.79 Å². The number of fused-ring (bicyclic) bond motifs is 2. The molecular weight excluding hydrogens is 226 g/mol. The van der Waals surface area contributed by atoms with E-state index < -0.39 is 0 Å². The van der Waals surface area contributed by atoms with E-state index in [1.807, 2.05) is 44.2 Å². The summed E-state index contributed by atoms with van der Waals surface area (Å²) in [6, 6.07) is 11.2. The van der Waals surface area contributed by atoms with Crippen molar-refractivity contribution in [1.29, 1.82) is 0 Å². The number of nitrogens with one attached hydrogen (secondary N) is 1. The van der Waals surface area contributed by atoms with E-state index in [9.17, 15) is 4.79 Å². The van der Waals surface area contributed by atoms with Gasteiger partial charge in [-0.25, -0.2) is 0 Å².